The van der Waals surface area contributed by atoms with Gasteiger partial charge in [0.05, 0.1) is 23.8 Å². The first-order valence-corrected chi connectivity index (χ1v) is 11.0. The Balaban J connectivity index is 1.57. The topological polar surface area (TPSA) is 84.9 Å². The lowest BCUT2D eigenvalue weighted by Gasteiger charge is -2.23. The normalized spacial score (nSPS) is 14.1. The Morgan fingerprint density at radius 3 is 2.26 bits per heavy atom. The Morgan fingerprint density at radius 1 is 1.06 bits per heavy atom. The summed E-state index contributed by atoms with van der Waals surface area (Å²) in [4.78, 5) is 38.1. The van der Waals surface area contributed by atoms with Gasteiger partial charge in [-0.25, -0.2) is 13.6 Å². The fourth-order valence-corrected chi connectivity index (χ4v) is 3.60. The molecule has 1 heterocycles. The number of imide groups is 1. The zero-order valence-electron chi connectivity index (χ0n) is 19.6. The van der Waals surface area contributed by atoms with E-state index in [1.807, 2.05) is 0 Å². The molecule has 0 spiro atoms. The SMILES string of the molecule is C[C@@H](NC(=O)OC(C)(C)C)c1cc(F)cc(F)c1OCCCCN1C(=O)c2ccccc2C1=O. The molecule has 1 aliphatic heterocycles. The van der Waals surface area contributed by atoms with Gasteiger partial charge in [-0.3, -0.25) is 14.5 Å². The number of carbonyl (C=O) groups excluding carboxylic acids is 3. The second kappa shape index (κ2) is 10.2. The number of benzene rings is 2. The van der Waals surface area contributed by atoms with E-state index in [1.54, 1.807) is 52.0 Å². The van der Waals surface area contributed by atoms with Crippen LogP contribution in [0.5, 0.6) is 5.75 Å². The van der Waals surface area contributed by atoms with Crippen molar-refractivity contribution in [3.8, 4) is 5.75 Å². The van der Waals surface area contributed by atoms with Crippen LogP contribution in [0.2, 0.25) is 0 Å². The fraction of sp³-hybridized carbons (Fsp3) is 0.400. The maximum absolute atomic E-state index is 14.5. The average Bonchev–Trinajstić information content (AvgIpc) is 2.98. The predicted octanol–water partition coefficient (Wildman–Crippen LogP) is 5.01. The van der Waals surface area contributed by atoms with Crippen LogP contribution in [0.4, 0.5) is 13.6 Å². The third-order valence-corrected chi connectivity index (χ3v) is 5.14. The van der Waals surface area contributed by atoms with Crippen molar-refractivity contribution in [2.45, 2.75) is 52.2 Å². The van der Waals surface area contributed by atoms with Crippen LogP contribution >= 0.6 is 0 Å². The number of nitrogens with zero attached hydrogens (tertiary/aromatic N) is 1. The summed E-state index contributed by atoms with van der Waals surface area (Å²) in [5.74, 6) is -2.55. The molecule has 0 fully saturated rings. The van der Waals surface area contributed by atoms with Crippen molar-refractivity contribution in [3.05, 3.63) is 64.7 Å². The molecule has 0 aromatic heterocycles. The molecule has 0 radical (unpaired) electrons. The number of carbonyl (C=O) groups is 3. The number of fused-ring (bicyclic) bond motifs is 1. The zero-order chi connectivity index (χ0) is 25.0. The van der Waals surface area contributed by atoms with E-state index in [0.29, 0.717) is 30.0 Å². The van der Waals surface area contributed by atoms with Gasteiger partial charge in [-0.15, -0.1) is 0 Å². The summed E-state index contributed by atoms with van der Waals surface area (Å²) >= 11 is 0. The van der Waals surface area contributed by atoms with E-state index in [-0.39, 0.29) is 36.3 Å². The number of hydrogen-bond donors (Lipinski definition) is 1. The maximum Gasteiger partial charge on any atom is 0.408 e. The molecular weight excluding hydrogens is 446 g/mol. The van der Waals surface area contributed by atoms with Crippen LogP contribution in [-0.2, 0) is 4.74 Å². The summed E-state index contributed by atoms with van der Waals surface area (Å²) in [6.07, 6.45) is 0.129. The standard InChI is InChI=1S/C25H28F2N2O5/c1-15(28-24(32)34-25(2,3)4)19-13-16(26)14-20(27)21(19)33-12-8-7-11-29-22(30)17-9-5-6-10-18(17)23(29)31/h5-6,9-10,13-15H,7-8,11-12H2,1-4H3,(H,28,32)/t15-/m1/s1. The monoisotopic (exact) mass is 474 g/mol. The first-order chi connectivity index (χ1) is 16.0. The second-order valence-corrected chi connectivity index (χ2v) is 9.04. The van der Waals surface area contributed by atoms with Crippen molar-refractivity contribution >= 4 is 17.9 Å². The molecule has 2 aromatic carbocycles. The van der Waals surface area contributed by atoms with E-state index in [2.05, 4.69) is 5.32 Å². The van der Waals surface area contributed by atoms with Crippen molar-refractivity contribution in [2.75, 3.05) is 13.2 Å². The lowest BCUT2D eigenvalue weighted by molar-refractivity contribution is 0.0505. The van der Waals surface area contributed by atoms with E-state index in [0.717, 1.165) is 6.07 Å². The first-order valence-electron chi connectivity index (χ1n) is 11.0. The minimum atomic E-state index is -0.895. The van der Waals surface area contributed by atoms with Gasteiger partial charge < -0.3 is 14.8 Å². The Hall–Kier alpha value is -3.49. The predicted molar refractivity (Wildman–Crippen MR) is 121 cm³/mol. The Labute approximate surface area is 197 Å². The number of amides is 3. The van der Waals surface area contributed by atoms with Crippen molar-refractivity contribution in [1.29, 1.82) is 0 Å². The highest BCUT2D eigenvalue weighted by molar-refractivity contribution is 6.21. The molecule has 0 saturated carbocycles. The molecule has 0 unspecified atom stereocenters. The molecule has 182 valence electrons. The number of unbranched alkanes of at least 4 members (excludes halogenated alkanes) is 1. The molecule has 9 heteroatoms. The van der Waals surface area contributed by atoms with Crippen LogP contribution in [-0.4, -0.2) is 41.6 Å². The van der Waals surface area contributed by atoms with Crippen LogP contribution in [0.15, 0.2) is 36.4 Å². The molecule has 1 atom stereocenters. The summed E-state index contributed by atoms with van der Waals surface area (Å²) in [6.45, 7) is 6.94. The van der Waals surface area contributed by atoms with Gasteiger partial charge in [-0.2, -0.15) is 0 Å². The smallest absolute Gasteiger partial charge is 0.408 e. The Bertz CT molecular complexity index is 1060. The molecule has 0 saturated heterocycles. The largest absolute Gasteiger partial charge is 0.490 e. The number of rotatable bonds is 8. The third-order valence-electron chi connectivity index (χ3n) is 5.14. The van der Waals surface area contributed by atoms with Crippen LogP contribution in [0.25, 0.3) is 0 Å². The Morgan fingerprint density at radius 2 is 1.68 bits per heavy atom. The summed E-state index contributed by atoms with van der Waals surface area (Å²) in [7, 11) is 0. The van der Waals surface area contributed by atoms with E-state index < -0.39 is 29.4 Å². The fourth-order valence-electron chi connectivity index (χ4n) is 3.60. The average molecular weight is 475 g/mol. The molecular formula is C25H28F2N2O5. The van der Waals surface area contributed by atoms with Crippen molar-refractivity contribution in [2.24, 2.45) is 0 Å². The molecule has 1 N–H and O–H groups in total. The minimum Gasteiger partial charge on any atom is -0.490 e. The number of nitrogens with one attached hydrogen (secondary N) is 1. The van der Waals surface area contributed by atoms with Gasteiger partial charge in [0.15, 0.2) is 11.6 Å². The highest BCUT2D eigenvalue weighted by Crippen LogP contribution is 2.30. The quantitative estimate of drug-likeness (QED) is 0.430. The maximum atomic E-state index is 14.5. The number of ether oxygens (including phenoxy) is 2. The molecule has 34 heavy (non-hydrogen) atoms. The lowest BCUT2D eigenvalue weighted by Crippen LogP contribution is -2.34. The summed E-state index contributed by atoms with van der Waals surface area (Å²) in [6, 6.07) is 7.66. The molecule has 0 aliphatic carbocycles. The highest BCUT2D eigenvalue weighted by atomic mass is 19.1. The summed E-state index contributed by atoms with van der Waals surface area (Å²) < 4.78 is 39.1. The van der Waals surface area contributed by atoms with E-state index in [1.165, 1.54) is 4.90 Å². The lowest BCUT2D eigenvalue weighted by atomic mass is 10.1. The van der Waals surface area contributed by atoms with Gasteiger partial charge in [0.2, 0.25) is 0 Å². The van der Waals surface area contributed by atoms with Gasteiger partial charge in [0.1, 0.15) is 11.4 Å². The molecule has 1 aliphatic rings. The van der Waals surface area contributed by atoms with Gasteiger partial charge in [-0.05, 0) is 58.7 Å². The molecule has 2 aromatic rings. The minimum absolute atomic E-state index is 0.0673. The van der Waals surface area contributed by atoms with Gasteiger partial charge in [0.25, 0.3) is 11.8 Å². The van der Waals surface area contributed by atoms with Crippen LogP contribution < -0.4 is 10.1 Å². The van der Waals surface area contributed by atoms with Gasteiger partial charge >= 0.3 is 6.09 Å². The molecule has 7 nitrogen and oxygen atoms in total. The molecule has 3 rings (SSSR count). The van der Waals surface area contributed by atoms with Crippen LogP contribution in [0.1, 0.15) is 72.9 Å². The Kier molecular flexibility index (Phi) is 7.54. The number of alkyl carbamates (subject to hydrolysis) is 1. The third kappa shape index (κ3) is 5.89. The molecule has 0 bridgehead atoms. The van der Waals surface area contributed by atoms with Crippen LogP contribution in [0.3, 0.4) is 0 Å². The second-order valence-electron chi connectivity index (χ2n) is 9.04. The molecule has 3 amide bonds. The van der Waals surface area contributed by atoms with Gasteiger partial charge in [0, 0.05) is 18.2 Å². The van der Waals surface area contributed by atoms with Crippen molar-refractivity contribution in [3.63, 3.8) is 0 Å². The van der Waals surface area contributed by atoms with E-state index >= 15 is 0 Å². The summed E-state index contributed by atoms with van der Waals surface area (Å²) in [5.41, 5.74) is 0.167. The van der Waals surface area contributed by atoms with Crippen molar-refractivity contribution in [1.82, 2.24) is 10.2 Å². The first kappa shape index (κ1) is 25.1. The summed E-state index contributed by atoms with van der Waals surface area (Å²) in [5, 5.41) is 2.55. The zero-order valence-corrected chi connectivity index (χ0v) is 19.6. The van der Waals surface area contributed by atoms with E-state index in [4.69, 9.17) is 9.47 Å². The van der Waals surface area contributed by atoms with Gasteiger partial charge in [-0.1, -0.05) is 12.1 Å². The number of halogens is 2. The van der Waals surface area contributed by atoms with Crippen molar-refractivity contribution < 1.29 is 32.6 Å². The van der Waals surface area contributed by atoms with Crippen LogP contribution in [0, 0.1) is 11.6 Å². The highest BCUT2D eigenvalue weighted by Gasteiger charge is 2.34. The van der Waals surface area contributed by atoms with E-state index in [9.17, 15) is 23.2 Å². The number of hydrogen-bond acceptors (Lipinski definition) is 5.